The summed E-state index contributed by atoms with van der Waals surface area (Å²) in [6.07, 6.45) is -4.74. The van der Waals surface area contributed by atoms with Crippen molar-refractivity contribution in [2.24, 2.45) is 0 Å². The number of rotatable bonds is 1. The Bertz CT molecular complexity index is 486. The molecule has 0 aromatic heterocycles. The number of Topliss-reactive ketones (excluding diaryl/α,β-unsaturated/α-hetero) is 1. The largest absolute Gasteiger partial charge is 0.506 e. The first kappa shape index (κ1) is 12.0. The molecule has 1 rings (SSSR count). The van der Waals surface area contributed by atoms with Crippen molar-refractivity contribution in [3.63, 3.8) is 0 Å². The molecule has 0 amide bonds. The molecule has 1 aromatic rings. The van der Waals surface area contributed by atoms with Crippen molar-refractivity contribution in [1.82, 2.24) is 0 Å². The summed E-state index contributed by atoms with van der Waals surface area (Å²) >= 11 is 0. The standard InChI is InChI=1S/C10H6F3NO2/c1-5(15)8-7(10(11,12)13)3-2-6(4-14)9(8)16/h2-3,16H,1H3. The fourth-order valence-electron chi connectivity index (χ4n) is 1.27. The first-order valence-corrected chi connectivity index (χ1v) is 4.13. The number of aromatic hydroxyl groups is 1. The zero-order valence-corrected chi connectivity index (χ0v) is 8.09. The third kappa shape index (κ3) is 1.98. The molecule has 0 radical (unpaired) electrons. The van der Waals surface area contributed by atoms with Crippen molar-refractivity contribution >= 4 is 5.78 Å². The van der Waals surface area contributed by atoms with Crippen molar-refractivity contribution in [3.05, 3.63) is 28.8 Å². The van der Waals surface area contributed by atoms with Crippen LogP contribution < -0.4 is 0 Å². The summed E-state index contributed by atoms with van der Waals surface area (Å²) < 4.78 is 37.4. The second kappa shape index (κ2) is 3.85. The fourth-order valence-corrected chi connectivity index (χ4v) is 1.27. The Labute approximate surface area is 88.7 Å². The van der Waals surface area contributed by atoms with Gasteiger partial charge in [0.1, 0.15) is 11.8 Å². The minimum atomic E-state index is -4.74. The van der Waals surface area contributed by atoms with Gasteiger partial charge in [0.05, 0.1) is 16.7 Å². The average molecular weight is 229 g/mol. The van der Waals surface area contributed by atoms with Gasteiger partial charge in [0.15, 0.2) is 5.78 Å². The third-order valence-electron chi connectivity index (χ3n) is 1.96. The van der Waals surface area contributed by atoms with Crippen LogP contribution in [0.15, 0.2) is 12.1 Å². The van der Waals surface area contributed by atoms with Crippen LogP contribution in [0.3, 0.4) is 0 Å². The van der Waals surface area contributed by atoms with Crippen LogP contribution >= 0.6 is 0 Å². The predicted octanol–water partition coefficient (Wildman–Crippen LogP) is 2.49. The molecule has 0 fully saturated rings. The maximum atomic E-state index is 12.5. The van der Waals surface area contributed by atoms with Gasteiger partial charge in [-0.2, -0.15) is 18.4 Å². The number of hydrogen-bond acceptors (Lipinski definition) is 3. The van der Waals surface area contributed by atoms with E-state index in [2.05, 4.69) is 0 Å². The van der Waals surface area contributed by atoms with Crippen molar-refractivity contribution in [3.8, 4) is 11.8 Å². The third-order valence-corrected chi connectivity index (χ3v) is 1.96. The molecule has 84 valence electrons. The Morgan fingerprint density at radius 3 is 2.38 bits per heavy atom. The number of halogens is 3. The first-order chi connectivity index (χ1) is 7.29. The normalized spacial score (nSPS) is 10.9. The van der Waals surface area contributed by atoms with E-state index in [1.165, 1.54) is 6.07 Å². The number of alkyl halides is 3. The van der Waals surface area contributed by atoms with Crippen LogP contribution in [-0.4, -0.2) is 10.9 Å². The van der Waals surface area contributed by atoms with Gasteiger partial charge >= 0.3 is 6.18 Å². The van der Waals surface area contributed by atoms with Crippen molar-refractivity contribution < 1.29 is 23.1 Å². The lowest BCUT2D eigenvalue weighted by Crippen LogP contribution is -2.12. The van der Waals surface area contributed by atoms with Gasteiger partial charge in [0, 0.05) is 0 Å². The SMILES string of the molecule is CC(=O)c1c(C(F)(F)F)ccc(C#N)c1O. The minimum Gasteiger partial charge on any atom is -0.506 e. The van der Waals surface area contributed by atoms with Gasteiger partial charge in [-0.25, -0.2) is 0 Å². The smallest absolute Gasteiger partial charge is 0.417 e. The molecule has 3 nitrogen and oxygen atoms in total. The molecule has 0 spiro atoms. The molecule has 0 aliphatic carbocycles. The maximum Gasteiger partial charge on any atom is 0.417 e. The molecule has 16 heavy (non-hydrogen) atoms. The molecular formula is C10H6F3NO2. The predicted molar refractivity (Wildman–Crippen MR) is 47.8 cm³/mol. The number of benzene rings is 1. The van der Waals surface area contributed by atoms with E-state index in [0.717, 1.165) is 13.0 Å². The molecule has 0 atom stereocenters. The highest BCUT2D eigenvalue weighted by molar-refractivity contribution is 5.99. The van der Waals surface area contributed by atoms with E-state index in [1.54, 1.807) is 0 Å². The molecular weight excluding hydrogens is 223 g/mol. The second-order valence-corrected chi connectivity index (χ2v) is 3.05. The first-order valence-electron chi connectivity index (χ1n) is 4.13. The number of carbonyl (C=O) groups is 1. The molecule has 0 saturated heterocycles. The Balaban J connectivity index is 3.62. The zero-order valence-electron chi connectivity index (χ0n) is 8.09. The van der Waals surface area contributed by atoms with Gasteiger partial charge in [-0.05, 0) is 19.1 Å². The van der Waals surface area contributed by atoms with Crippen LogP contribution in [0.25, 0.3) is 0 Å². The molecule has 0 bridgehead atoms. The molecule has 0 unspecified atom stereocenters. The Kier molecular flexibility index (Phi) is 2.90. The monoisotopic (exact) mass is 229 g/mol. The maximum absolute atomic E-state index is 12.5. The van der Waals surface area contributed by atoms with Crippen molar-refractivity contribution in [2.75, 3.05) is 0 Å². The summed E-state index contributed by atoms with van der Waals surface area (Å²) in [6, 6.07) is 2.93. The van der Waals surface area contributed by atoms with Crippen LogP contribution in [0.2, 0.25) is 0 Å². The number of phenolic OH excluding ortho intramolecular Hbond substituents is 1. The van der Waals surface area contributed by atoms with E-state index < -0.39 is 28.8 Å². The summed E-state index contributed by atoms with van der Waals surface area (Å²) in [5, 5.41) is 17.9. The summed E-state index contributed by atoms with van der Waals surface area (Å²) in [7, 11) is 0. The van der Waals surface area contributed by atoms with Gasteiger partial charge in [-0.3, -0.25) is 4.79 Å². The summed E-state index contributed by atoms with van der Waals surface area (Å²) in [4.78, 5) is 11.0. The van der Waals surface area contributed by atoms with Crippen LogP contribution in [0.4, 0.5) is 13.2 Å². The molecule has 1 N–H and O–H groups in total. The van der Waals surface area contributed by atoms with Gasteiger partial charge < -0.3 is 5.11 Å². The van der Waals surface area contributed by atoms with E-state index in [4.69, 9.17) is 5.26 Å². The Morgan fingerprint density at radius 2 is 2.00 bits per heavy atom. The number of hydrogen-bond donors (Lipinski definition) is 1. The van der Waals surface area contributed by atoms with Crippen LogP contribution in [0.1, 0.15) is 28.4 Å². The van der Waals surface area contributed by atoms with E-state index in [9.17, 15) is 23.1 Å². The summed E-state index contributed by atoms with van der Waals surface area (Å²) in [5.41, 5.74) is -2.47. The highest BCUT2D eigenvalue weighted by Crippen LogP contribution is 2.37. The number of nitrogens with zero attached hydrogens (tertiary/aromatic N) is 1. The lowest BCUT2D eigenvalue weighted by Gasteiger charge is -2.12. The van der Waals surface area contributed by atoms with Gasteiger partial charge in [0.2, 0.25) is 0 Å². The molecule has 6 heteroatoms. The zero-order chi connectivity index (χ0) is 12.5. The Morgan fingerprint density at radius 1 is 1.44 bits per heavy atom. The average Bonchev–Trinajstić information content (AvgIpc) is 2.15. The number of phenols is 1. The number of carbonyl (C=O) groups excluding carboxylic acids is 1. The van der Waals surface area contributed by atoms with E-state index in [0.29, 0.717) is 6.07 Å². The quantitative estimate of drug-likeness (QED) is 0.752. The lowest BCUT2D eigenvalue weighted by molar-refractivity contribution is -0.138. The van der Waals surface area contributed by atoms with E-state index in [-0.39, 0.29) is 5.56 Å². The molecule has 0 saturated carbocycles. The van der Waals surface area contributed by atoms with E-state index in [1.807, 2.05) is 0 Å². The highest BCUT2D eigenvalue weighted by Gasteiger charge is 2.36. The minimum absolute atomic E-state index is 0.363. The molecule has 0 aliphatic heterocycles. The van der Waals surface area contributed by atoms with Gasteiger partial charge in [-0.1, -0.05) is 0 Å². The lowest BCUT2D eigenvalue weighted by atomic mass is 9.99. The van der Waals surface area contributed by atoms with Crippen LogP contribution in [-0.2, 0) is 6.18 Å². The highest BCUT2D eigenvalue weighted by atomic mass is 19.4. The van der Waals surface area contributed by atoms with Gasteiger partial charge in [0.25, 0.3) is 0 Å². The van der Waals surface area contributed by atoms with Crippen LogP contribution in [0.5, 0.6) is 5.75 Å². The summed E-state index contributed by atoms with van der Waals surface area (Å²) in [5.74, 6) is -1.87. The van der Waals surface area contributed by atoms with Crippen molar-refractivity contribution in [2.45, 2.75) is 13.1 Å². The van der Waals surface area contributed by atoms with Crippen LogP contribution in [0, 0.1) is 11.3 Å². The molecule has 0 aliphatic rings. The number of ketones is 1. The topological polar surface area (TPSA) is 61.1 Å². The fraction of sp³-hybridized carbons (Fsp3) is 0.200. The molecule has 0 heterocycles. The van der Waals surface area contributed by atoms with E-state index >= 15 is 0 Å². The number of nitriles is 1. The van der Waals surface area contributed by atoms with Gasteiger partial charge in [-0.15, -0.1) is 0 Å². The summed E-state index contributed by atoms with van der Waals surface area (Å²) in [6.45, 7) is 0.894. The Hall–Kier alpha value is -2.03. The van der Waals surface area contributed by atoms with Crippen molar-refractivity contribution in [1.29, 1.82) is 5.26 Å². The molecule has 1 aromatic carbocycles. The second-order valence-electron chi connectivity index (χ2n) is 3.05.